The average molecular weight is 291 g/mol. The van der Waals surface area contributed by atoms with Crippen molar-refractivity contribution in [2.24, 2.45) is 0 Å². The zero-order valence-electron chi connectivity index (χ0n) is 14.2. The van der Waals surface area contributed by atoms with Crippen LogP contribution in [0, 0.1) is 0 Å². The lowest BCUT2D eigenvalue weighted by Gasteiger charge is -2.34. The zero-order valence-corrected chi connectivity index (χ0v) is 14.2. The molecule has 0 aliphatic heterocycles. The summed E-state index contributed by atoms with van der Waals surface area (Å²) < 4.78 is 5.15. The van der Waals surface area contributed by atoms with E-state index in [0.717, 1.165) is 19.7 Å². The quantitative estimate of drug-likeness (QED) is 0.571. The molecule has 1 aromatic rings. The second-order valence-corrected chi connectivity index (χ2v) is 5.98. The molecule has 120 valence electrons. The van der Waals surface area contributed by atoms with Crippen LogP contribution in [0.4, 0.5) is 0 Å². The van der Waals surface area contributed by atoms with Crippen molar-refractivity contribution >= 4 is 0 Å². The molecule has 1 rings (SSSR count). The first-order valence-electron chi connectivity index (χ1n) is 8.54. The van der Waals surface area contributed by atoms with E-state index in [1.54, 1.807) is 7.11 Å². The van der Waals surface area contributed by atoms with Gasteiger partial charge in [0.25, 0.3) is 0 Å². The van der Waals surface area contributed by atoms with Crippen molar-refractivity contribution in [3.63, 3.8) is 0 Å². The van der Waals surface area contributed by atoms with Gasteiger partial charge >= 0.3 is 0 Å². The summed E-state index contributed by atoms with van der Waals surface area (Å²) in [5, 5.41) is 3.59. The SMILES string of the molecule is CCCCCCC(CC)(CNCCOC)c1ccccc1. The Morgan fingerprint density at radius 2 is 1.81 bits per heavy atom. The zero-order chi connectivity index (χ0) is 15.4. The second-order valence-electron chi connectivity index (χ2n) is 5.98. The van der Waals surface area contributed by atoms with E-state index in [9.17, 15) is 0 Å². The minimum absolute atomic E-state index is 0.267. The van der Waals surface area contributed by atoms with Crippen LogP contribution in [0.3, 0.4) is 0 Å². The standard InChI is InChI=1S/C19H33NO/c1-4-6-7-11-14-19(5-2,17-20-15-16-21-3)18-12-9-8-10-13-18/h8-10,12-13,20H,4-7,11,14-17H2,1-3H3. The van der Waals surface area contributed by atoms with Crippen LogP contribution in [0.2, 0.25) is 0 Å². The van der Waals surface area contributed by atoms with Crippen molar-refractivity contribution in [1.82, 2.24) is 5.32 Å². The predicted octanol–water partition coefficient (Wildman–Crippen LogP) is 4.54. The van der Waals surface area contributed by atoms with Crippen LogP contribution in [0.5, 0.6) is 0 Å². The number of hydrogen-bond donors (Lipinski definition) is 1. The van der Waals surface area contributed by atoms with Crippen LogP contribution in [0.1, 0.15) is 57.9 Å². The first kappa shape index (κ1) is 18.2. The number of methoxy groups -OCH3 is 1. The fraction of sp³-hybridized carbons (Fsp3) is 0.684. The van der Waals surface area contributed by atoms with Crippen LogP contribution >= 0.6 is 0 Å². The van der Waals surface area contributed by atoms with Crippen molar-refractivity contribution < 1.29 is 4.74 Å². The molecule has 0 bridgehead atoms. The molecule has 0 saturated heterocycles. The molecule has 0 aliphatic rings. The molecule has 0 heterocycles. The number of nitrogens with one attached hydrogen (secondary N) is 1. The maximum atomic E-state index is 5.15. The topological polar surface area (TPSA) is 21.3 Å². The van der Waals surface area contributed by atoms with Gasteiger partial charge in [0.1, 0.15) is 0 Å². The van der Waals surface area contributed by atoms with Gasteiger partial charge in [-0.25, -0.2) is 0 Å². The fourth-order valence-corrected chi connectivity index (χ4v) is 3.02. The Bertz CT molecular complexity index is 338. The molecule has 0 amide bonds. The second kappa shape index (κ2) is 10.8. The van der Waals surface area contributed by atoms with Gasteiger partial charge in [0.05, 0.1) is 6.61 Å². The van der Waals surface area contributed by atoms with Gasteiger partial charge in [0.2, 0.25) is 0 Å². The Morgan fingerprint density at radius 1 is 1.05 bits per heavy atom. The largest absolute Gasteiger partial charge is 0.383 e. The number of ether oxygens (including phenoxy) is 1. The van der Waals surface area contributed by atoms with Gasteiger partial charge in [-0.3, -0.25) is 0 Å². The first-order valence-corrected chi connectivity index (χ1v) is 8.54. The Kier molecular flexibility index (Phi) is 9.36. The van der Waals surface area contributed by atoms with Gasteiger partial charge in [-0.1, -0.05) is 69.9 Å². The summed E-state index contributed by atoms with van der Waals surface area (Å²) in [6.07, 6.45) is 7.78. The minimum atomic E-state index is 0.267. The average Bonchev–Trinajstić information content (AvgIpc) is 2.54. The maximum Gasteiger partial charge on any atom is 0.0587 e. The van der Waals surface area contributed by atoms with Crippen molar-refractivity contribution in [3.05, 3.63) is 35.9 Å². The molecule has 1 atom stereocenters. The highest BCUT2D eigenvalue weighted by atomic mass is 16.5. The molecular formula is C19H33NO. The predicted molar refractivity (Wildman–Crippen MR) is 91.9 cm³/mol. The number of hydrogen-bond acceptors (Lipinski definition) is 2. The summed E-state index contributed by atoms with van der Waals surface area (Å²) in [4.78, 5) is 0. The fourth-order valence-electron chi connectivity index (χ4n) is 3.02. The molecule has 1 aromatic carbocycles. The normalized spacial score (nSPS) is 14.0. The molecule has 0 spiro atoms. The molecule has 0 aromatic heterocycles. The minimum Gasteiger partial charge on any atom is -0.383 e. The molecule has 2 heteroatoms. The van der Waals surface area contributed by atoms with Crippen LogP contribution in [0.15, 0.2) is 30.3 Å². The van der Waals surface area contributed by atoms with Gasteiger partial charge < -0.3 is 10.1 Å². The Hall–Kier alpha value is -0.860. The van der Waals surface area contributed by atoms with Crippen molar-refractivity contribution in [2.45, 2.75) is 57.8 Å². The van der Waals surface area contributed by atoms with Crippen LogP contribution in [0.25, 0.3) is 0 Å². The first-order chi connectivity index (χ1) is 10.3. The van der Waals surface area contributed by atoms with E-state index in [0.29, 0.717) is 0 Å². The van der Waals surface area contributed by atoms with E-state index in [4.69, 9.17) is 4.74 Å². The molecule has 0 aliphatic carbocycles. The summed E-state index contributed by atoms with van der Waals surface area (Å²) in [6.45, 7) is 7.36. The van der Waals surface area contributed by atoms with Crippen LogP contribution in [-0.4, -0.2) is 26.8 Å². The molecule has 1 N–H and O–H groups in total. The van der Waals surface area contributed by atoms with Crippen molar-refractivity contribution in [1.29, 1.82) is 0 Å². The number of unbranched alkanes of at least 4 members (excludes halogenated alkanes) is 3. The molecule has 2 nitrogen and oxygen atoms in total. The molecule has 21 heavy (non-hydrogen) atoms. The van der Waals surface area contributed by atoms with E-state index >= 15 is 0 Å². The van der Waals surface area contributed by atoms with Gasteiger partial charge in [0, 0.05) is 25.6 Å². The van der Waals surface area contributed by atoms with E-state index in [1.165, 1.54) is 44.1 Å². The highest BCUT2D eigenvalue weighted by molar-refractivity contribution is 5.25. The summed E-state index contributed by atoms with van der Waals surface area (Å²) in [5.74, 6) is 0. The third-order valence-corrected chi connectivity index (χ3v) is 4.52. The van der Waals surface area contributed by atoms with E-state index in [1.807, 2.05) is 0 Å². The summed E-state index contributed by atoms with van der Waals surface area (Å²) in [7, 11) is 1.76. The Labute approximate surface area is 131 Å². The molecule has 0 saturated carbocycles. The molecule has 1 unspecified atom stereocenters. The van der Waals surface area contributed by atoms with Crippen LogP contribution in [-0.2, 0) is 10.2 Å². The summed E-state index contributed by atoms with van der Waals surface area (Å²) in [5.41, 5.74) is 1.75. The highest BCUT2D eigenvalue weighted by Gasteiger charge is 2.29. The molecule has 0 radical (unpaired) electrons. The highest BCUT2D eigenvalue weighted by Crippen LogP contribution is 2.33. The number of rotatable bonds is 12. The number of benzene rings is 1. The van der Waals surface area contributed by atoms with E-state index < -0.39 is 0 Å². The van der Waals surface area contributed by atoms with Gasteiger partial charge in [-0.15, -0.1) is 0 Å². The Morgan fingerprint density at radius 3 is 2.43 bits per heavy atom. The third kappa shape index (κ3) is 6.19. The monoisotopic (exact) mass is 291 g/mol. The molecule has 0 fully saturated rings. The van der Waals surface area contributed by atoms with E-state index in [2.05, 4.69) is 49.5 Å². The summed E-state index contributed by atoms with van der Waals surface area (Å²) in [6, 6.07) is 11.0. The third-order valence-electron chi connectivity index (χ3n) is 4.52. The lowest BCUT2D eigenvalue weighted by Crippen LogP contribution is -2.39. The van der Waals surface area contributed by atoms with Gasteiger partial charge in [-0.2, -0.15) is 0 Å². The van der Waals surface area contributed by atoms with Crippen molar-refractivity contribution in [3.8, 4) is 0 Å². The van der Waals surface area contributed by atoms with E-state index in [-0.39, 0.29) is 5.41 Å². The van der Waals surface area contributed by atoms with Crippen molar-refractivity contribution in [2.75, 3.05) is 26.8 Å². The Balaban J connectivity index is 2.70. The maximum absolute atomic E-state index is 5.15. The van der Waals surface area contributed by atoms with Gasteiger partial charge in [0.15, 0.2) is 0 Å². The summed E-state index contributed by atoms with van der Waals surface area (Å²) >= 11 is 0. The van der Waals surface area contributed by atoms with Gasteiger partial charge in [-0.05, 0) is 18.4 Å². The van der Waals surface area contributed by atoms with Crippen LogP contribution < -0.4 is 5.32 Å². The lowest BCUT2D eigenvalue weighted by atomic mass is 9.74. The molecular weight excluding hydrogens is 258 g/mol. The smallest absolute Gasteiger partial charge is 0.0587 e. The lowest BCUT2D eigenvalue weighted by molar-refractivity contribution is 0.195.